The second-order valence-electron chi connectivity index (χ2n) is 16.9. The fourth-order valence-electron chi connectivity index (χ4n) is 10.1. The van der Waals surface area contributed by atoms with Gasteiger partial charge in [-0.05, 0) is 94.9 Å². The molecular formula is C57H39N3O2. The second kappa shape index (κ2) is 13.6. The molecule has 9 aromatic carbocycles. The van der Waals surface area contributed by atoms with E-state index >= 15 is 0 Å². The fraction of sp³-hybridized carbons (Fsp3) is 0.0877. The molecule has 0 saturated heterocycles. The molecule has 0 radical (unpaired) electrons. The third kappa shape index (κ3) is 5.41. The molecule has 0 amide bonds. The summed E-state index contributed by atoms with van der Waals surface area (Å²) in [6.07, 6.45) is 1.62. The third-order valence-corrected chi connectivity index (χ3v) is 13.2. The van der Waals surface area contributed by atoms with Crippen LogP contribution in [-0.4, -0.2) is 16.1 Å². The van der Waals surface area contributed by atoms with Gasteiger partial charge in [-0.25, -0.2) is 4.99 Å². The SMILES string of the molecule is C[C@@H]1CCC(c2cccc3c2oc2ccccc23)=NC(c2ccc3ccccc3c2)=NC1c1cc(-n2c3ccccc3c3cc4ccccc4cc32)cc2c1oc1ccccc12. The maximum atomic E-state index is 6.90. The Morgan fingerprint density at radius 1 is 0.500 bits per heavy atom. The minimum atomic E-state index is -0.263. The molecule has 1 unspecified atom stereocenters. The van der Waals surface area contributed by atoms with Crippen LogP contribution in [0.1, 0.15) is 42.5 Å². The molecule has 0 fully saturated rings. The molecule has 13 rings (SSSR count). The van der Waals surface area contributed by atoms with Crippen molar-refractivity contribution in [2.75, 3.05) is 0 Å². The number of aliphatic imine (C=N–C) groups is 2. The first-order chi connectivity index (χ1) is 30.6. The molecule has 294 valence electrons. The summed E-state index contributed by atoms with van der Waals surface area (Å²) in [4.78, 5) is 11.4. The number of amidine groups is 1. The predicted octanol–water partition coefficient (Wildman–Crippen LogP) is 15.3. The van der Waals surface area contributed by atoms with Gasteiger partial charge in [0.05, 0.1) is 22.8 Å². The zero-order valence-corrected chi connectivity index (χ0v) is 34.0. The van der Waals surface area contributed by atoms with Crippen molar-refractivity contribution in [1.29, 1.82) is 0 Å². The summed E-state index contributed by atoms with van der Waals surface area (Å²) < 4.78 is 15.9. The molecule has 0 N–H and O–H groups in total. The molecule has 4 heterocycles. The monoisotopic (exact) mass is 797 g/mol. The van der Waals surface area contributed by atoms with Crippen molar-refractivity contribution in [2.24, 2.45) is 15.9 Å². The maximum Gasteiger partial charge on any atom is 0.155 e. The van der Waals surface area contributed by atoms with Crippen molar-refractivity contribution >= 4 is 98.8 Å². The van der Waals surface area contributed by atoms with Crippen LogP contribution in [0.25, 0.3) is 92.9 Å². The summed E-state index contributed by atoms with van der Waals surface area (Å²) in [5, 5.41) is 11.6. The third-order valence-electron chi connectivity index (χ3n) is 13.2. The van der Waals surface area contributed by atoms with Crippen LogP contribution >= 0.6 is 0 Å². The van der Waals surface area contributed by atoms with Gasteiger partial charge in [0.1, 0.15) is 22.3 Å². The van der Waals surface area contributed by atoms with Crippen LogP contribution in [0.2, 0.25) is 0 Å². The van der Waals surface area contributed by atoms with Crippen LogP contribution in [0.3, 0.4) is 0 Å². The normalized spacial score (nSPS) is 16.2. The standard InChI is InChI=1S/C57H39N3O2/c1-34-25-28-49(45-21-12-20-44-42-18-7-10-23-52(42)61-55(44)45)58-57(39-27-26-35-13-2-3-14-36(35)29-39)59-54(34)48-33-40(32-47-43-19-8-11-24-53(43)62-56(47)48)60-50-22-9-6-17-41(50)46-30-37-15-4-5-16-38(37)31-51(46)60/h2-24,26-27,29-34,54H,25,28H2,1H3/t34-,54?/m1/s1. The Kier molecular flexibility index (Phi) is 7.70. The summed E-state index contributed by atoms with van der Waals surface area (Å²) in [5.41, 5.74) is 10.9. The predicted molar refractivity (Wildman–Crippen MR) is 257 cm³/mol. The zero-order chi connectivity index (χ0) is 40.9. The Morgan fingerprint density at radius 3 is 1.95 bits per heavy atom. The van der Waals surface area contributed by atoms with Gasteiger partial charge in [0.25, 0.3) is 0 Å². The van der Waals surface area contributed by atoms with Crippen LogP contribution in [0.4, 0.5) is 0 Å². The number of nitrogens with zero attached hydrogens (tertiary/aromatic N) is 3. The molecule has 12 aromatic rings. The number of aromatic nitrogens is 1. The molecule has 0 saturated carbocycles. The molecule has 0 spiro atoms. The average Bonchev–Trinajstić information content (AvgIpc) is 3.99. The molecular weight excluding hydrogens is 759 g/mol. The van der Waals surface area contributed by atoms with E-state index in [4.69, 9.17) is 18.8 Å². The maximum absolute atomic E-state index is 6.90. The first-order valence-electron chi connectivity index (χ1n) is 21.6. The van der Waals surface area contributed by atoms with Crippen LogP contribution < -0.4 is 0 Å². The summed E-state index contributed by atoms with van der Waals surface area (Å²) in [6.45, 7) is 2.34. The number of furan rings is 2. The minimum absolute atomic E-state index is 0.125. The molecule has 5 heteroatoms. The van der Waals surface area contributed by atoms with Crippen LogP contribution in [0, 0.1) is 5.92 Å². The average molecular weight is 798 g/mol. The summed E-state index contributed by atoms with van der Waals surface area (Å²) >= 11 is 0. The van der Waals surface area contributed by atoms with E-state index in [1.165, 1.54) is 32.4 Å². The molecule has 0 aliphatic carbocycles. The summed E-state index contributed by atoms with van der Waals surface area (Å²) in [5.74, 6) is 0.827. The van der Waals surface area contributed by atoms with Gasteiger partial charge in [0, 0.05) is 54.7 Å². The smallest absolute Gasteiger partial charge is 0.155 e. The first-order valence-corrected chi connectivity index (χ1v) is 21.6. The van der Waals surface area contributed by atoms with Crippen LogP contribution in [-0.2, 0) is 0 Å². The molecule has 0 bridgehead atoms. The molecule has 2 atom stereocenters. The van der Waals surface area contributed by atoms with E-state index in [-0.39, 0.29) is 12.0 Å². The largest absolute Gasteiger partial charge is 0.456 e. The molecule has 1 aliphatic heterocycles. The Hall–Kier alpha value is -7.76. The van der Waals surface area contributed by atoms with Crippen LogP contribution in [0.15, 0.2) is 201 Å². The van der Waals surface area contributed by atoms with Crippen molar-refractivity contribution < 1.29 is 8.83 Å². The van der Waals surface area contributed by atoms with E-state index in [0.29, 0.717) is 5.84 Å². The highest BCUT2D eigenvalue weighted by atomic mass is 16.3. The number of para-hydroxylation sites is 4. The summed E-state index contributed by atoms with van der Waals surface area (Å²) in [6, 6.07) is 64.7. The quantitative estimate of drug-likeness (QED) is 0.178. The molecule has 62 heavy (non-hydrogen) atoms. The van der Waals surface area contributed by atoms with Crippen molar-refractivity contribution in [2.45, 2.75) is 25.8 Å². The number of hydrogen-bond donors (Lipinski definition) is 0. The Balaban J connectivity index is 1.08. The van der Waals surface area contributed by atoms with Gasteiger partial charge in [0.2, 0.25) is 0 Å². The molecule has 5 nitrogen and oxygen atoms in total. The van der Waals surface area contributed by atoms with E-state index in [1.807, 2.05) is 12.1 Å². The zero-order valence-electron chi connectivity index (χ0n) is 34.0. The van der Waals surface area contributed by atoms with E-state index < -0.39 is 0 Å². The van der Waals surface area contributed by atoms with Gasteiger partial charge in [0.15, 0.2) is 5.84 Å². The van der Waals surface area contributed by atoms with Crippen molar-refractivity contribution in [3.8, 4) is 5.69 Å². The van der Waals surface area contributed by atoms with E-state index in [1.54, 1.807) is 0 Å². The van der Waals surface area contributed by atoms with E-state index in [0.717, 1.165) is 95.7 Å². The van der Waals surface area contributed by atoms with Gasteiger partial charge in [-0.15, -0.1) is 0 Å². The first kappa shape index (κ1) is 35.0. The Bertz CT molecular complexity index is 3860. The van der Waals surface area contributed by atoms with Crippen molar-refractivity contribution in [1.82, 2.24) is 4.57 Å². The van der Waals surface area contributed by atoms with Gasteiger partial charge in [-0.3, -0.25) is 4.99 Å². The second-order valence-corrected chi connectivity index (χ2v) is 16.9. The molecule has 3 aromatic heterocycles. The Morgan fingerprint density at radius 2 is 1.15 bits per heavy atom. The lowest BCUT2D eigenvalue weighted by Gasteiger charge is -2.25. The van der Waals surface area contributed by atoms with Gasteiger partial charge in [-0.1, -0.05) is 134 Å². The highest BCUT2D eigenvalue weighted by Gasteiger charge is 2.29. The van der Waals surface area contributed by atoms with Gasteiger partial charge in [-0.2, -0.15) is 0 Å². The topological polar surface area (TPSA) is 55.9 Å². The molecule has 1 aliphatic rings. The lowest BCUT2D eigenvalue weighted by molar-refractivity contribution is 0.444. The fourth-order valence-corrected chi connectivity index (χ4v) is 10.1. The van der Waals surface area contributed by atoms with Crippen molar-refractivity contribution in [3.05, 3.63) is 199 Å². The highest BCUT2D eigenvalue weighted by molar-refractivity contribution is 6.20. The van der Waals surface area contributed by atoms with E-state index in [2.05, 4.69) is 181 Å². The van der Waals surface area contributed by atoms with Crippen molar-refractivity contribution in [3.63, 3.8) is 0 Å². The number of hydrogen-bond acceptors (Lipinski definition) is 4. The lowest BCUT2D eigenvalue weighted by atomic mass is 9.87. The number of benzene rings is 9. The van der Waals surface area contributed by atoms with E-state index in [9.17, 15) is 0 Å². The van der Waals surface area contributed by atoms with Crippen LogP contribution in [0.5, 0.6) is 0 Å². The van der Waals surface area contributed by atoms with Gasteiger partial charge < -0.3 is 13.4 Å². The number of fused-ring (bicyclic) bond motifs is 11. The lowest BCUT2D eigenvalue weighted by Crippen LogP contribution is -2.18. The van der Waals surface area contributed by atoms with Gasteiger partial charge >= 0.3 is 0 Å². The Labute approximate surface area is 356 Å². The summed E-state index contributed by atoms with van der Waals surface area (Å²) in [7, 11) is 0. The minimum Gasteiger partial charge on any atom is -0.456 e. The number of rotatable bonds is 4. The highest BCUT2D eigenvalue weighted by Crippen LogP contribution is 2.44.